The molecule has 0 aliphatic carbocycles. The van der Waals surface area contributed by atoms with Gasteiger partial charge >= 0.3 is 0 Å². The molecule has 1 rings (SSSR count). The lowest BCUT2D eigenvalue weighted by atomic mass is 10.1. The van der Waals surface area contributed by atoms with Gasteiger partial charge in [0.05, 0.1) is 5.78 Å². The Kier molecular flexibility index (Phi) is 4.44. The van der Waals surface area contributed by atoms with E-state index in [0.717, 1.165) is 19.5 Å². The summed E-state index contributed by atoms with van der Waals surface area (Å²) in [4.78, 5) is 20.5. The van der Waals surface area contributed by atoms with Gasteiger partial charge in [0, 0.05) is 0 Å². The van der Waals surface area contributed by atoms with E-state index in [0.29, 0.717) is 0 Å². The van der Waals surface area contributed by atoms with Gasteiger partial charge in [0.1, 0.15) is 0 Å². The molecule has 12 heavy (non-hydrogen) atoms. The molecule has 4 heteroatoms. The van der Waals surface area contributed by atoms with Crippen LogP contribution in [-0.2, 0) is 0 Å². The molecule has 0 aromatic rings. The van der Waals surface area contributed by atoms with Crippen LogP contribution in [0.2, 0.25) is 0 Å². The van der Waals surface area contributed by atoms with Crippen molar-refractivity contribution in [2.24, 2.45) is 0 Å². The highest BCUT2D eigenvalue weighted by Crippen LogP contribution is 2.36. The largest absolute Gasteiger partial charge is 0.349 e. The Bertz CT molecular complexity index is 126. The predicted octanol–water partition coefficient (Wildman–Crippen LogP) is 1.50. The summed E-state index contributed by atoms with van der Waals surface area (Å²) >= 11 is 0. The molecule has 1 unspecified atom stereocenters. The monoisotopic (exact) mass is 191 g/mol. The van der Waals surface area contributed by atoms with E-state index >= 15 is 0 Å². The van der Waals surface area contributed by atoms with Crippen LogP contribution in [0.25, 0.3) is 0 Å². The number of nitrogens with zero attached hydrogens (tertiary/aromatic N) is 1. The van der Waals surface area contributed by atoms with Gasteiger partial charge in [0.15, 0.2) is 8.38 Å². The summed E-state index contributed by atoms with van der Waals surface area (Å²) in [5.74, 6) is 0.0142. The predicted molar refractivity (Wildman–Crippen MR) is 50.9 cm³/mol. The lowest BCUT2D eigenvalue weighted by Crippen LogP contribution is -2.37. The molecule has 1 atom stereocenters. The Hall–Kier alpha value is 0.310. The molecule has 0 radical (unpaired) electrons. The minimum Gasteiger partial charge on any atom is -0.349 e. The maximum atomic E-state index is 9.14. The molecule has 1 heterocycles. The molecule has 1 aliphatic rings. The first-order valence-electron chi connectivity index (χ1n) is 4.66. The van der Waals surface area contributed by atoms with Gasteiger partial charge in [-0.25, -0.2) is 0 Å². The molecule has 1 saturated heterocycles. The summed E-state index contributed by atoms with van der Waals surface area (Å²) in [5.41, 5.74) is 0. The second-order valence-corrected chi connectivity index (χ2v) is 4.54. The Labute approximate surface area is 75.3 Å². The van der Waals surface area contributed by atoms with E-state index in [4.69, 9.17) is 9.79 Å². The zero-order valence-corrected chi connectivity index (χ0v) is 8.50. The highest BCUT2D eigenvalue weighted by atomic mass is 31.2. The number of piperidine rings is 1. The first-order chi connectivity index (χ1) is 5.75. The minimum atomic E-state index is -1.76. The van der Waals surface area contributed by atoms with Gasteiger partial charge in [-0.2, -0.15) is 0 Å². The van der Waals surface area contributed by atoms with Gasteiger partial charge in [0.2, 0.25) is 0 Å². The molecule has 0 saturated carbocycles. The van der Waals surface area contributed by atoms with E-state index < -0.39 is 8.38 Å². The van der Waals surface area contributed by atoms with Crippen LogP contribution in [0.3, 0.4) is 0 Å². The SMILES string of the molecule is CCC(N1CCCCC1)P(O)O. The topological polar surface area (TPSA) is 43.7 Å². The van der Waals surface area contributed by atoms with Gasteiger partial charge in [-0.1, -0.05) is 13.3 Å². The molecular formula is C8H18NO2P. The third kappa shape index (κ3) is 2.67. The molecular weight excluding hydrogens is 173 g/mol. The summed E-state index contributed by atoms with van der Waals surface area (Å²) in [6.07, 6.45) is 4.56. The van der Waals surface area contributed by atoms with E-state index in [1.807, 2.05) is 6.92 Å². The molecule has 0 spiro atoms. The van der Waals surface area contributed by atoms with Crippen LogP contribution in [0.15, 0.2) is 0 Å². The zero-order valence-electron chi connectivity index (χ0n) is 7.61. The van der Waals surface area contributed by atoms with Crippen molar-refractivity contribution < 1.29 is 9.79 Å². The highest BCUT2D eigenvalue weighted by Gasteiger charge is 2.24. The lowest BCUT2D eigenvalue weighted by Gasteiger charge is -2.34. The lowest BCUT2D eigenvalue weighted by molar-refractivity contribution is 0.192. The fraction of sp³-hybridized carbons (Fsp3) is 1.00. The molecule has 2 N–H and O–H groups in total. The molecule has 72 valence electrons. The van der Waals surface area contributed by atoms with Crippen molar-refractivity contribution in [1.82, 2.24) is 4.90 Å². The average Bonchev–Trinajstić information content (AvgIpc) is 2.07. The van der Waals surface area contributed by atoms with Crippen LogP contribution in [0, 0.1) is 0 Å². The number of rotatable bonds is 3. The summed E-state index contributed by atoms with van der Waals surface area (Å²) < 4.78 is 0. The number of hydrogen-bond donors (Lipinski definition) is 2. The molecule has 0 aromatic carbocycles. The van der Waals surface area contributed by atoms with Crippen molar-refractivity contribution >= 4 is 8.38 Å². The summed E-state index contributed by atoms with van der Waals surface area (Å²) in [5, 5.41) is 0. The van der Waals surface area contributed by atoms with Crippen molar-refractivity contribution in [3.63, 3.8) is 0 Å². The van der Waals surface area contributed by atoms with Crippen molar-refractivity contribution in [2.45, 2.75) is 38.4 Å². The second-order valence-electron chi connectivity index (χ2n) is 3.31. The molecule has 0 aromatic heterocycles. The third-order valence-electron chi connectivity index (χ3n) is 2.44. The van der Waals surface area contributed by atoms with E-state index in [2.05, 4.69) is 4.90 Å². The van der Waals surface area contributed by atoms with Crippen LogP contribution >= 0.6 is 8.38 Å². The van der Waals surface area contributed by atoms with Crippen LogP contribution in [0.1, 0.15) is 32.6 Å². The van der Waals surface area contributed by atoms with E-state index in [-0.39, 0.29) is 5.78 Å². The first-order valence-corrected chi connectivity index (χ1v) is 5.98. The van der Waals surface area contributed by atoms with Gasteiger partial charge in [0.25, 0.3) is 0 Å². The van der Waals surface area contributed by atoms with Gasteiger partial charge in [-0.3, -0.25) is 4.90 Å². The van der Waals surface area contributed by atoms with E-state index in [9.17, 15) is 0 Å². The van der Waals surface area contributed by atoms with Crippen LogP contribution in [0.4, 0.5) is 0 Å². The van der Waals surface area contributed by atoms with Crippen LogP contribution in [-0.4, -0.2) is 33.6 Å². The zero-order chi connectivity index (χ0) is 8.97. The van der Waals surface area contributed by atoms with Crippen molar-refractivity contribution in [1.29, 1.82) is 0 Å². The Morgan fingerprint density at radius 3 is 2.25 bits per heavy atom. The van der Waals surface area contributed by atoms with Crippen LogP contribution < -0.4 is 0 Å². The van der Waals surface area contributed by atoms with E-state index in [1.54, 1.807) is 0 Å². The van der Waals surface area contributed by atoms with Crippen molar-refractivity contribution in [3.05, 3.63) is 0 Å². The summed E-state index contributed by atoms with van der Waals surface area (Å²) in [6, 6.07) is 0. The standard InChI is InChI=1S/C8H18NO2P/c1-2-8(12(10)11)9-6-4-3-5-7-9/h8,10-11H,2-7H2,1H3. The summed E-state index contributed by atoms with van der Waals surface area (Å²) in [6.45, 7) is 4.10. The molecule has 0 bridgehead atoms. The molecule has 0 amide bonds. The smallest absolute Gasteiger partial charge is 0.183 e. The van der Waals surface area contributed by atoms with Crippen LogP contribution in [0.5, 0.6) is 0 Å². The second kappa shape index (κ2) is 5.13. The van der Waals surface area contributed by atoms with Crippen molar-refractivity contribution in [2.75, 3.05) is 13.1 Å². The Morgan fingerprint density at radius 1 is 1.25 bits per heavy atom. The fourth-order valence-corrected chi connectivity index (χ4v) is 2.63. The number of likely N-dealkylation sites (tertiary alicyclic amines) is 1. The third-order valence-corrected chi connectivity index (χ3v) is 3.67. The maximum Gasteiger partial charge on any atom is 0.183 e. The quantitative estimate of drug-likeness (QED) is 0.664. The average molecular weight is 191 g/mol. The fourth-order valence-electron chi connectivity index (χ4n) is 1.78. The minimum absolute atomic E-state index is 0.0142. The first kappa shape index (κ1) is 10.4. The highest BCUT2D eigenvalue weighted by molar-refractivity contribution is 7.45. The van der Waals surface area contributed by atoms with Gasteiger partial charge in [-0.15, -0.1) is 0 Å². The molecule has 1 fully saturated rings. The Balaban J connectivity index is 2.40. The molecule has 3 nitrogen and oxygen atoms in total. The molecule has 1 aliphatic heterocycles. The van der Waals surface area contributed by atoms with E-state index in [1.165, 1.54) is 19.3 Å². The van der Waals surface area contributed by atoms with Gasteiger partial charge in [-0.05, 0) is 32.4 Å². The summed E-state index contributed by atoms with van der Waals surface area (Å²) in [7, 11) is -1.76. The maximum absolute atomic E-state index is 9.14. The van der Waals surface area contributed by atoms with Gasteiger partial charge < -0.3 is 9.79 Å². The van der Waals surface area contributed by atoms with Crippen molar-refractivity contribution in [3.8, 4) is 0 Å². The Morgan fingerprint density at radius 2 is 1.83 bits per heavy atom. The normalized spacial score (nSPS) is 23.0. The number of hydrogen-bond acceptors (Lipinski definition) is 3.